The number of carbonyl (C=O) groups is 1. The lowest BCUT2D eigenvalue weighted by Crippen LogP contribution is -2.51. The summed E-state index contributed by atoms with van der Waals surface area (Å²) in [6.07, 6.45) is 3.56. The molecular formula is C19H27NO4. The lowest BCUT2D eigenvalue weighted by atomic mass is 9.90. The number of phenols is 1. The minimum atomic E-state index is -0.479. The molecule has 1 aromatic rings. The van der Waals surface area contributed by atoms with Gasteiger partial charge in [-0.1, -0.05) is 12.1 Å². The zero-order valence-corrected chi connectivity index (χ0v) is 14.7. The van der Waals surface area contributed by atoms with Gasteiger partial charge in [0.25, 0.3) is 0 Å². The fourth-order valence-corrected chi connectivity index (χ4v) is 3.62. The normalized spacial score (nSPS) is 27.5. The Bertz CT molecular complexity index is 592. The van der Waals surface area contributed by atoms with Crippen LogP contribution in [0.4, 0.5) is 4.79 Å². The van der Waals surface area contributed by atoms with E-state index in [1.54, 1.807) is 17.0 Å². The first-order chi connectivity index (χ1) is 11.3. The summed E-state index contributed by atoms with van der Waals surface area (Å²) in [5.41, 5.74) is 0.337. The van der Waals surface area contributed by atoms with Gasteiger partial charge in [-0.2, -0.15) is 0 Å². The molecule has 5 heteroatoms. The molecule has 0 saturated carbocycles. The topological polar surface area (TPSA) is 59.0 Å². The van der Waals surface area contributed by atoms with Gasteiger partial charge < -0.3 is 19.5 Å². The molecule has 0 bridgehead atoms. The van der Waals surface area contributed by atoms with Crippen molar-refractivity contribution in [1.29, 1.82) is 0 Å². The predicted octanol–water partition coefficient (Wildman–Crippen LogP) is 4.01. The van der Waals surface area contributed by atoms with Gasteiger partial charge in [-0.15, -0.1) is 0 Å². The van der Waals surface area contributed by atoms with Crippen LogP contribution < -0.4 is 0 Å². The molecule has 2 atom stereocenters. The Labute approximate surface area is 143 Å². The zero-order valence-electron chi connectivity index (χ0n) is 14.7. The van der Waals surface area contributed by atoms with Gasteiger partial charge in [-0.3, -0.25) is 0 Å². The molecule has 1 amide bonds. The van der Waals surface area contributed by atoms with Crippen LogP contribution >= 0.6 is 0 Å². The molecule has 1 aromatic carbocycles. The van der Waals surface area contributed by atoms with Crippen LogP contribution in [0.2, 0.25) is 0 Å². The maximum atomic E-state index is 12.4. The molecule has 3 rings (SSSR count). The van der Waals surface area contributed by atoms with Crippen molar-refractivity contribution in [3.63, 3.8) is 0 Å². The maximum absolute atomic E-state index is 12.4. The SMILES string of the molecule is CC(C)(C)OC(=O)N1CCC[C@@]2(CC[C@H](c3ccc(O)cc3)O2)C1. The monoisotopic (exact) mass is 333 g/mol. The number of aromatic hydroxyl groups is 1. The van der Waals surface area contributed by atoms with Crippen LogP contribution in [0.3, 0.4) is 0 Å². The van der Waals surface area contributed by atoms with Crippen molar-refractivity contribution in [3.05, 3.63) is 29.8 Å². The molecule has 2 fully saturated rings. The average molecular weight is 333 g/mol. The van der Waals surface area contributed by atoms with E-state index in [0.717, 1.165) is 37.8 Å². The van der Waals surface area contributed by atoms with Gasteiger partial charge in [0.2, 0.25) is 0 Å². The van der Waals surface area contributed by atoms with Gasteiger partial charge in [0.05, 0.1) is 18.2 Å². The van der Waals surface area contributed by atoms with E-state index in [1.807, 2.05) is 32.9 Å². The van der Waals surface area contributed by atoms with Crippen LogP contribution in [-0.2, 0) is 9.47 Å². The van der Waals surface area contributed by atoms with Crippen molar-refractivity contribution >= 4 is 6.09 Å². The number of ether oxygens (including phenoxy) is 2. The van der Waals surface area contributed by atoms with Crippen molar-refractivity contribution < 1.29 is 19.4 Å². The second-order valence-corrected chi connectivity index (χ2v) is 7.93. The summed E-state index contributed by atoms with van der Waals surface area (Å²) in [5, 5.41) is 9.43. The Morgan fingerprint density at radius 1 is 1.29 bits per heavy atom. The maximum Gasteiger partial charge on any atom is 0.410 e. The molecular weight excluding hydrogens is 306 g/mol. The van der Waals surface area contributed by atoms with Crippen LogP contribution in [-0.4, -0.2) is 40.4 Å². The molecule has 5 nitrogen and oxygen atoms in total. The lowest BCUT2D eigenvalue weighted by molar-refractivity contribution is -0.0858. The third-order valence-electron chi connectivity index (χ3n) is 4.71. The summed E-state index contributed by atoms with van der Waals surface area (Å²) in [5.74, 6) is 0.264. The van der Waals surface area contributed by atoms with Gasteiger partial charge in [0.15, 0.2) is 0 Å². The minimum Gasteiger partial charge on any atom is -0.508 e. The van der Waals surface area contributed by atoms with E-state index in [4.69, 9.17) is 9.47 Å². The first-order valence-corrected chi connectivity index (χ1v) is 8.71. The molecule has 1 spiro atoms. The summed E-state index contributed by atoms with van der Waals surface area (Å²) in [7, 11) is 0. The molecule has 0 aliphatic carbocycles. The number of amides is 1. The number of carbonyl (C=O) groups excluding carboxylic acids is 1. The number of nitrogens with zero attached hydrogens (tertiary/aromatic N) is 1. The summed E-state index contributed by atoms with van der Waals surface area (Å²) < 4.78 is 11.9. The van der Waals surface area contributed by atoms with Crippen LogP contribution in [0.25, 0.3) is 0 Å². The van der Waals surface area contributed by atoms with Crippen molar-refractivity contribution in [3.8, 4) is 5.75 Å². The summed E-state index contributed by atoms with van der Waals surface area (Å²) in [6, 6.07) is 7.20. The van der Waals surface area contributed by atoms with Crippen molar-refractivity contribution in [1.82, 2.24) is 4.90 Å². The molecule has 0 radical (unpaired) electrons. The first-order valence-electron chi connectivity index (χ1n) is 8.71. The fourth-order valence-electron chi connectivity index (χ4n) is 3.62. The molecule has 0 aromatic heterocycles. The van der Waals surface area contributed by atoms with E-state index in [-0.39, 0.29) is 23.5 Å². The number of benzene rings is 1. The Morgan fingerprint density at radius 2 is 2.00 bits per heavy atom. The lowest BCUT2D eigenvalue weighted by Gasteiger charge is -2.40. The van der Waals surface area contributed by atoms with Crippen LogP contribution in [0.5, 0.6) is 5.75 Å². The number of likely N-dealkylation sites (tertiary alicyclic amines) is 1. The Morgan fingerprint density at radius 3 is 2.67 bits per heavy atom. The molecule has 132 valence electrons. The Hall–Kier alpha value is -1.75. The highest BCUT2D eigenvalue weighted by atomic mass is 16.6. The third kappa shape index (κ3) is 3.83. The predicted molar refractivity (Wildman–Crippen MR) is 90.9 cm³/mol. The van der Waals surface area contributed by atoms with Gasteiger partial charge in [-0.05, 0) is 64.2 Å². The van der Waals surface area contributed by atoms with E-state index in [1.165, 1.54) is 0 Å². The highest BCUT2D eigenvalue weighted by molar-refractivity contribution is 5.68. The van der Waals surface area contributed by atoms with Gasteiger partial charge in [0.1, 0.15) is 11.4 Å². The fraction of sp³-hybridized carbons (Fsp3) is 0.632. The van der Waals surface area contributed by atoms with Gasteiger partial charge >= 0.3 is 6.09 Å². The molecule has 2 aliphatic heterocycles. The second kappa shape index (κ2) is 6.28. The van der Waals surface area contributed by atoms with E-state index in [0.29, 0.717) is 6.54 Å². The molecule has 2 saturated heterocycles. The van der Waals surface area contributed by atoms with Gasteiger partial charge in [-0.25, -0.2) is 4.79 Å². The van der Waals surface area contributed by atoms with E-state index < -0.39 is 5.60 Å². The standard InChI is InChI=1S/C19H27NO4/c1-18(2,3)24-17(22)20-12-4-10-19(13-20)11-9-16(23-19)14-5-7-15(21)8-6-14/h5-8,16,21H,4,9-13H2,1-3H3/t16-,19-/m1/s1. The van der Waals surface area contributed by atoms with E-state index in [2.05, 4.69) is 0 Å². The van der Waals surface area contributed by atoms with Crippen LogP contribution in [0.15, 0.2) is 24.3 Å². The van der Waals surface area contributed by atoms with Gasteiger partial charge in [0, 0.05) is 6.54 Å². The molecule has 2 aliphatic rings. The van der Waals surface area contributed by atoms with Crippen molar-refractivity contribution in [2.24, 2.45) is 0 Å². The first kappa shape index (κ1) is 17.1. The smallest absolute Gasteiger partial charge is 0.410 e. The zero-order chi connectivity index (χ0) is 17.4. The molecule has 1 N–H and O–H groups in total. The van der Waals surface area contributed by atoms with Crippen molar-refractivity contribution in [2.75, 3.05) is 13.1 Å². The largest absolute Gasteiger partial charge is 0.508 e. The molecule has 24 heavy (non-hydrogen) atoms. The summed E-state index contributed by atoms with van der Waals surface area (Å²) in [4.78, 5) is 14.1. The molecule has 0 unspecified atom stereocenters. The number of rotatable bonds is 1. The number of hydrogen-bond donors (Lipinski definition) is 1. The Kier molecular flexibility index (Phi) is 4.47. The number of phenolic OH excluding ortho intramolecular Hbond substituents is 1. The number of hydrogen-bond acceptors (Lipinski definition) is 4. The quantitative estimate of drug-likeness (QED) is 0.843. The second-order valence-electron chi connectivity index (χ2n) is 7.93. The van der Waals surface area contributed by atoms with Crippen molar-refractivity contribution in [2.45, 2.75) is 63.8 Å². The summed E-state index contributed by atoms with van der Waals surface area (Å²) in [6.45, 7) is 6.98. The van der Waals surface area contributed by atoms with E-state index >= 15 is 0 Å². The molecule has 2 heterocycles. The third-order valence-corrected chi connectivity index (χ3v) is 4.71. The summed E-state index contributed by atoms with van der Waals surface area (Å²) >= 11 is 0. The Balaban J connectivity index is 1.66. The highest BCUT2D eigenvalue weighted by Crippen LogP contribution is 2.44. The van der Waals surface area contributed by atoms with Crippen LogP contribution in [0.1, 0.15) is 58.1 Å². The van der Waals surface area contributed by atoms with Crippen LogP contribution in [0, 0.1) is 0 Å². The number of piperidine rings is 1. The highest BCUT2D eigenvalue weighted by Gasteiger charge is 2.45. The van der Waals surface area contributed by atoms with E-state index in [9.17, 15) is 9.90 Å². The minimum absolute atomic E-state index is 0.0317. The average Bonchev–Trinajstić information content (AvgIpc) is 2.90.